The zero-order valence-corrected chi connectivity index (χ0v) is 21.2. The number of aromatic amines is 1. The second-order valence-electron chi connectivity index (χ2n) is 8.44. The first-order valence-electron chi connectivity index (χ1n) is 11.7. The second-order valence-corrected chi connectivity index (χ2v) is 8.44. The van der Waals surface area contributed by atoms with E-state index in [0.29, 0.717) is 5.56 Å². The van der Waals surface area contributed by atoms with E-state index in [9.17, 15) is 34.1 Å². The lowest BCUT2D eigenvalue weighted by molar-refractivity contribution is -0.384. The highest BCUT2D eigenvalue weighted by Crippen LogP contribution is 2.22. The quantitative estimate of drug-likeness (QED) is 0.0517. The Bertz CT molecular complexity index is 1800. The number of esters is 1. The second kappa shape index (κ2) is 11.8. The standard InChI is InChI=1S/C27H20N6O8/c1-41-27(38)22(32-28)20(24(35)26(37)29-16-8-5-9-17(13-16)33(39)40)21-25(36)31-19-12-15(10-11-18(19)30-21)23(34)14-6-3-2-4-7-14/h2-13,20H,28H2,1H3,(H,29,37)(H,31,36)/b32-22+/t20-/m0/s1. The topological polar surface area (TPSA) is 217 Å². The van der Waals surface area contributed by atoms with E-state index >= 15 is 0 Å². The summed E-state index contributed by atoms with van der Waals surface area (Å²) in [5.74, 6) is -0.896. The molecule has 0 bridgehead atoms. The Labute approximate surface area is 230 Å². The number of methoxy groups -OCH3 is 1. The van der Waals surface area contributed by atoms with E-state index < -0.39 is 45.5 Å². The third kappa shape index (κ3) is 5.85. The molecule has 0 fully saturated rings. The molecule has 4 aromatic rings. The number of nitro groups is 1. The number of hydrogen-bond acceptors (Lipinski definition) is 11. The van der Waals surface area contributed by atoms with Gasteiger partial charge in [0.15, 0.2) is 11.5 Å². The van der Waals surface area contributed by atoms with E-state index in [1.54, 1.807) is 30.3 Å². The zero-order chi connectivity index (χ0) is 29.7. The van der Waals surface area contributed by atoms with Gasteiger partial charge in [0, 0.05) is 28.9 Å². The first-order valence-corrected chi connectivity index (χ1v) is 11.7. The number of H-pyrrole nitrogens is 1. The molecule has 1 aromatic heterocycles. The number of nitrogens with two attached hydrogens (primary N) is 1. The number of hydrogen-bond donors (Lipinski definition) is 3. The molecule has 1 atom stereocenters. The van der Waals surface area contributed by atoms with Crippen LogP contribution in [0, 0.1) is 10.1 Å². The van der Waals surface area contributed by atoms with Crippen molar-refractivity contribution in [3.05, 3.63) is 110 Å². The number of aromatic nitrogens is 2. The van der Waals surface area contributed by atoms with Crippen LogP contribution in [0.25, 0.3) is 11.0 Å². The summed E-state index contributed by atoms with van der Waals surface area (Å²) in [6, 6.07) is 17.4. The molecule has 0 saturated heterocycles. The van der Waals surface area contributed by atoms with Crippen molar-refractivity contribution in [2.75, 3.05) is 12.4 Å². The van der Waals surface area contributed by atoms with E-state index in [0.717, 1.165) is 13.2 Å². The van der Waals surface area contributed by atoms with Crippen LogP contribution in [0.15, 0.2) is 82.7 Å². The lowest BCUT2D eigenvalue weighted by atomic mass is 9.93. The van der Waals surface area contributed by atoms with Crippen molar-refractivity contribution in [2.45, 2.75) is 5.92 Å². The third-order valence-corrected chi connectivity index (χ3v) is 5.90. The zero-order valence-electron chi connectivity index (χ0n) is 21.2. The average Bonchev–Trinajstić information content (AvgIpc) is 2.98. The number of nitrogens with zero attached hydrogens (tertiary/aromatic N) is 3. The van der Waals surface area contributed by atoms with Crippen LogP contribution in [0.1, 0.15) is 27.5 Å². The van der Waals surface area contributed by atoms with E-state index in [2.05, 4.69) is 25.1 Å². The van der Waals surface area contributed by atoms with Crippen molar-refractivity contribution in [3.63, 3.8) is 0 Å². The largest absolute Gasteiger partial charge is 0.464 e. The Kier molecular flexibility index (Phi) is 8.03. The van der Waals surface area contributed by atoms with Crippen molar-refractivity contribution in [3.8, 4) is 0 Å². The lowest BCUT2D eigenvalue weighted by Gasteiger charge is -2.15. The number of ketones is 2. The van der Waals surface area contributed by atoms with Gasteiger partial charge in [-0.05, 0) is 24.3 Å². The number of ether oxygens (including phenoxy) is 1. The summed E-state index contributed by atoms with van der Waals surface area (Å²) in [6.45, 7) is 0. The summed E-state index contributed by atoms with van der Waals surface area (Å²) in [5, 5.41) is 16.5. The maximum atomic E-state index is 13.3. The molecule has 0 spiro atoms. The molecule has 0 aliphatic rings. The highest BCUT2D eigenvalue weighted by Gasteiger charge is 2.39. The Hall–Kier alpha value is -6.05. The van der Waals surface area contributed by atoms with Gasteiger partial charge in [0.25, 0.3) is 17.2 Å². The number of carbonyl (C=O) groups excluding carboxylic acids is 4. The summed E-state index contributed by atoms with van der Waals surface area (Å²) in [7, 11) is 0.974. The van der Waals surface area contributed by atoms with Crippen molar-refractivity contribution in [1.29, 1.82) is 0 Å². The molecule has 41 heavy (non-hydrogen) atoms. The molecule has 0 aliphatic carbocycles. The SMILES string of the molecule is COC(=O)/C(=N/N)[C@@H](C(=O)C(=O)Nc1cccc([N+](=O)[O-])c1)c1nc2ccc(C(=O)c3ccccc3)cc2[nH]c1=O. The minimum Gasteiger partial charge on any atom is -0.464 e. The number of non-ortho nitro benzene ring substituents is 1. The van der Waals surface area contributed by atoms with Gasteiger partial charge in [-0.3, -0.25) is 29.3 Å². The van der Waals surface area contributed by atoms with Crippen molar-refractivity contribution >= 4 is 51.6 Å². The summed E-state index contributed by atoms with van der Waals surface area (Å²) in [5.41, 5.74) is -1.92. The molecule has 4 N–H and O–H groups in total. The summed E-state index contributed by atoms with van der Waals surface area (Å²) >= 11 is 0. The van der Waals surface area contributed by atoms with Crippen molar-refractivity contribution in [1.82, 2.24) is 9.97 Å². The number of Topliss-reactive ketones (excluding diaryl/α,β-unsaturated/α-hetero) is 1. The van der Waals surface area contributed by atoms with E-state index in [4.69, 9.17) is 5.84 Å². The first-order chi connectivity index (χ1) is 19.6. The fourth-order valence-corrected chi connectivity index (χ4v) is 3.94. The fraction of sp³-hybridized carbons (Fsp3) is 0.0741. The van der Waals surface area contributed by atoms with Crippen LogP contribution in [0.2, 0.25) is 0 Å². The molecule has 3 aromatic carbocycles. The molecule has 4 rings (SSSR count). The highest BCUT2D eigenvalue weighted by atomic mass is 16.6. The van der Waals surface area contributed by atoms with Crippen LogP contribution >= 0.6 is 0 Å². The van der Waals surface area contributed by atoms with Crippen LogP contribution in [-0.4, -0.2) is 51.2 Å². The molecular formula is C27H20N6O8. The number of amides is 1. The predicted molar refractivity (Wildman–Crippen MR) is 145 cm³/mol. The molecule has 0 saturated carbocycles. The molecule has 1 amide bonds. The van der Waals surface area contributed by atoms with Gasteiger partial charge in [-0.15, -0.1) is 0 Å². The number of benzene rings is 3. The van der Waals surface area contributed by atoms with E-state index in [1.165, 1.54) is 36.4 Å². The number of nitrogens with one attached hydrogen (secondary N) is 2. The van der Waals surface area contributed by atoms with E-state index in [1.807, 2.05) is 0 Å². The van der Waals surface area contributed by atoms with Crippen LogP contribution in [0.5, 0.6) is 0 Å². The maximum Gasteiger partial charge on any atom is 0.355 e. The van der Waals surface area contributed by atoms with Gasteiger partial charge in [0.2, 0.25) is 5.78 Å². The van der Waals surface area contributed by atoms with Gasteiger partial charge in [0.05, 0.1) is 23.1 Å². The minimum absolute atomic E-state index is 0.100. The Balaban J connectivity index is 1.76. The number of fused-ring (bicyclic) bond motifs is 1. The van der Waals surface area contributed by atoms with Crippen molar-refractivity contribution in [2.24, 2.45) is 10.9 Å². The Morgan fingerprint density at radius 3 is 2.41 bits per heavy atom. The molecule has 1 heterocycles. The van der Waals surface area contributed by atoms with Gasteiger partial charge in [-0.2, -0.15) is 5.10 Å². The molecule has 0 radical (unpaired) electrons. The van der Waals surface area contributed by atoms with Gasteiger partial charge < -0.3 is 20.9 Å². The number of rotatable bonds is 9. The van der Waals surface area contributed by atoms with Crippen LogP contribution < -0.4 is 16.7 Å². The van der Waals surface area contributed by atoms with Crippen LogP contribution in [0.3, 0.4) is 0 Å². The summed E-state index contributed by atoms with van der Waals surface area (Å²) in [6.07, 6.45) is 0. The predicted octanol–water partition coefficient (Wildman–Crippen LogP) is 1.84. The molecule has 14 nitrogen and oxygen atoms in total. The van der Waals surface area contributed by atoms with Gasteiger partial charge >= 0.3 is 5.97 Å². The lowest BCUT2D eigenvalue weighted by Crippen LogP contribution is -2.40. The fourth-order valence-electron chi connectivity index (χ4n) is 3.94. The van der Waals surface area contributed by atoms with Gasteiger partial charge in [0.1, 0.15) is 11.6 Å². The van der Waals surface area contributed by atoms with Gasteiger partial charge in [-0.1, -0.05) is 36.4 Å². The molecule has 0 aliphatic heterocycles. The summed E-state index contributed by atoms with van der Waals surface area (Å²) < 4.78 is 4.62. The molecular weight excluding hydrogens is 536 g/mol. The highest BCUT2D eigenvalue weighted by molar-refractivity contribution is 6.53. The van der Waals surface area contributed by atoms with E-state index in [-0.39, 0.29) is 33.8 Å². The summed E-state index contributed by atoms with van der Waals surface area (Å²) in [4.78, 5) is 81.7. The Morgan fingerprint density at radius 2 is 1.76 bits per heavy atom. The number of anilines is 1. The Morgan fingerprint density at radius 1 is 1.02 bits per heavy atom. The number of hydrazone groups is 1. The molecule has 0 unspecified atom stereocenters. The number of nitro benzene ring substituents is 1. The maximum absolute atomic E-state index is 13.3. The molecule has 14 heteroatoms. The van der Waals surface area contributed by atoms with Crippen LogP contribution in [-0.2, 0) is 19.1 Å². The first kappa shape index (κ1) is 28.0. The van der Waals surface area contributed by atoms with Crippen molar-refractivity contribution < 1.29 is 28.8 Å². The van der Waals surface area contributed by atoms with Gasteiger partial charge in [-0.25, -0.2) is 9.78 Å². The van der Waals surface area contributed by atoms with Crippen LogP contribution in [0.4, 0.5) is 11.4 Å². The monoisotopic (exact) mass is 556 g/mol. The third-order valence-electron chi connectivity index (χ3n) is 5.90. The minimum atomic E-state index is -2.01. The smallest absolute Gasteiger partial charge is 0.355 e. The number of carbonyl (C=O) groups is 4. The molecule has 206 valence electrons. The normalized spacial score (nSPS) is 11.9. The average molecular weight is 556 g/mol.